The number of carbonyl (C=O) groups is 1. The Balaban J connectivity index is 0.00000242. The van der Waals surface area contributed by atoms with Crippen molar-refractivity contribution in [2.45, 2.75) is 13.5 Å². The number of amides is 1. The largest absolute Gasteiger partial charge is 0.492 e. The van der Waals surface area contributed by atoms with Gasteiger partial charge < -0.3 is 15.8 Å². The summed E-state index contributed by atoms with van der Waals surface area (Å²) in [5.74, 6) is 0.651. The maximum absolute atomic E-state index is 11.9. The van der Waals surface area contributed by atoms with Gasteiger partial charge in [0.2, 0.25) is 0 Å². The highest BCUT2D eigenvalue weighted by atomic mass is 35.5. The zero-order chi connectivity index (χ0) is 15.1. The Morgan fingerprint density at radius 2 is 2.14 bits per heavy atom. The maximum atomic E-state index is 11.9. The molecule has 0 bridgehead atoms. The van der Waals surface area contributed by atoms with Gasteiger partial charge in [0.25, 0.3) is 5.91 Å². The van der Waals surface area contributed by atoms with Crippen molar-refractivity contribution in [2.75, 3.05) is 13.2 Å². The fraction of sp³-hybridized carbons (Fsp3) is 0.250. The molecule has 6 heteroatoms. The minimum absolute atomic E-state index is 0. The van der Waals surface area contributed by atoms with E-state index >= 15 is 0 Å². The van der Waals surface area contributed by atoms with Crippen LogP contribution in [0.2, 0.25) is 0 Å². The lowest BCUT2D eigenvalue weighted by Crippen LogP contribution is -2.28. The van der Waals surface area contributed by atoms with Crippen LogP contribution in [0.5, 0.6) is 5.75 Å². The molecule has 0 aliphatic rings. The number of ether oxygens (including phenoxy) is 1. The van der Waals surface area contributed by atoms with E-state index in [1.54, 1.807) is 18.3 Å². The molecule has 0 spiro atoms. The average Bonchev–Trinajstić information content (AvgIpc) is 2.51. The van der Waals surface area contributed by atoms with Crippen molar-refractivity contribution >= 4 is 18.3 Å². The highest BCUT2D eigenvalue weighted by Crippen LogP contribution is 2.11. The van der Waals surface area contributed by atoms with Crippen molar-refractivity contribution in [1.29, 1.82) is 0 Å². The van der Waals surface area contributed by atoms with Crippen molar-refractivity contribution in [3.8, 4) is 5.75 Å². The van der Waals surface area contributed by atoms with Gasteiger partial charge in [-0.2, -0.15) is 0 Å². The Morgan fingerprint density at radius 3 is 2.86 bits per heavy atom. The second kappa shape index (κ2) is 9.02. The second-order valence-corrected chi connectivity index (χ2v) is 4.66. The van der Waals surface area contributed by atoms with Crippen LogP contribution in [0.3, 0.4) is 0 Å². The molecule has 0 aliphatic heterocycles. The Labute approximate surface area is 136 Å². The van der Waals surface area contributed by atoms with Gasteiger partial charge in [-0.3, -0.25) is 9.78 Å². The van der Waals surface area contributed by atoms with E-state index in [0.29, 0.717) is 31.0 Å². The van der Waals surface area contributed by atoms with Crippen LogP contribution in [0.1, 0.15) is 21.6 Å². The van der Waals surface area contributed by atoms with Gasteiger partial charge in [-0.1, -0.05) is 12.1 Å². The number of rotatable bonds is 6. The first-order valence-corrected chi connectivity index (χ1v) is 6.81. The molecule has 1 aromatic heterocycles. The number of aromatic nitrogens is 1. The smallest absolute Gasteiger partial charge is 0.251 e. The van der Waals surface area contributed by atoms with Gasteiger partial charge in [-0.15, -0.1) is 12.4 Å². The summed E-state index contributed by atoms with van der Waals surface area (Å²) in [6.07, 6.45) is 1.58. The number of carbonyl (C=O) groups excluding carboxylic acids is 1. The normalized spacial score (nSPS) is 9.73. The van der Waals surface area contributed by atoms with E-state index < -0.39 is 0 Å². The van der Waals surface area contributed by atoms with E-state index in [1.807, 2.05) is 31.2 Å². The van der Waals surface area contributed by atoms with Crippen molar-refractivity contribution in [3.05, 3.63) is 59.4 Å². The number of benzene rings is 1. The third-order valence-electron chi connectivity index (χ3n) is 2.93. The van der Waals surface area contributed by atoms with Crippen LogP contribution in [0.4, 0.5) is 0 Å². The number of hydrogen-bond donors (Lipinski definition) is 2. The SMILES string of the molecule is Cc1cccc(OCCNC(=O)c2ccnc(CN)c2)c1.Cl. The monoisotopic (exact) mass is 321 g/mol. The quantitative estimate of drug-likeness (QED) is 0.799. The summed E-state index contributed by atoms with van der Waals surface area (Å²) in [5, 5.41) is 2.80. The molecule has 0 unspecified atom stereocenters. The van der Waals surface area contributed by atoms with E-state index in [4.69, 9.17) is 10.5 Å². The maximum Gasteiger partial charge on any atom is 0.251 e. The fourth-order valence-corrected chi connectivity index (χ4v) is 1.87. The molecule has 5 nitrogen and oxygen atoms in total. The molecule has 0 aliphatic carbocycles. The summed E-state index contributed by atoms with van der Waals surface area (Å²) in [6, 6.07) is 11.2. The summed E-state index contributed by atoms with van der Waals surface area (Å²) in [7, 11) is 0. The molecular formula is C16H20ClN3O2. The lowest BCUT2D eigenvalue weighted by molar-refractivity contribution is 0.0946. The Kier molecular flexibility index (Phi) is 7.36. The van der Waals surface area contributed by atoms with Gasteiger partial charge in [-0.25, -0.2) is 0 Å². The van der Waals surface area contributed by atoms with Crippen LogP contribution in [0.25, 0.3) is 0 Å². The lowest BCUT2D eigenvalue weighted by Gasteiger charge is -2.08. The zero-order valence-electron chi connectivity index (χ0n) is 12.4. The van der Waals surface area contributed by atoms with Crippen LogP contribution in [-0.4, -0.2) is 24.0 Å². The van der Waals surface area contributed by atoms with Crippen LogP contribution in [-0.2, 0) is 6.54 Å². The predicted molar refractivity (Wildman–Crippen MR) is 88.4 cm³/mol. The van der Waals surface area contributed by atoms with Gasteiger partial charge in [0.05, 0.1) is 12.2 Å². The molecule has 3 N–H and O–H groups in total. The van der Waals surface area contributed by atoms with Crippen molar-refractivity contribution in [1.82, 2.24) is 10.3 Å². The number of nitrogens with zero attached hydrogens (tertiary/aromatic N) is 1. The summed E-state index contributed by atoms with van der Waals surface area (Å²) >= 11 is 0. The summed E-state index contributed by atoms with van der Waals surface area (Å²) in [5.41, 5.74) is 7.89. The first-order valence-electron chi connectivity index (χ1n) is 6.81. The molecule has 1 heterocycles. The number of halogens is 1. The molecule has 1 amide bonds. The zero-order valence-corrected chi connectivity index (χ0v) is 13.2. The second-order valence-electron chi connectivity index (χ2n) is 4.66. The van der Waals surface area contributed by atoms with Crippen LogP contribution < -0.4 is 15.8 Å². The molecule has 22 heavy (non-hydrogen) atoms. The summed E-state index contributed by atoms with van der Waals surface area (Å²) in [4.78, 5) is 16.0. The lowest BCUT2D eigenvalue weighted by atomic mass is 10.2. The number of nitrogens with one attached hydrogen (secondary N) is 1. The van der Waals surface area contributed by atoms with E-state index in [-0.39, 0.29) is 18.3 Å². The third-order valence-corrected chi connectivity index (χ3v) is 2.93. The summed E-state index contributed by atoms with van der Waals surface area (Å²) < 4.78 is 5.57. The highest BCUT2D eigenvalue weighted by Gasteiger charge is 2.05. The van der Waals surface area contributed by atoms with E-state index in [1.165, 1.54) is 0 Å². The van der Waals surface area contributed by atoms with Crippen molar-refractivity contribution in [2.24, 2.45) is 5.73 Å². The molecule has 0 fully saturated rings. The van der Waals surface area contributed by atoms with Gasteiger partial charge >= 0.3 is 0 Å². The molecule has 0 saturated heterocycles. The number of aryl methyl sites for hydroxylation is 1. The minimum atomic E-state index is -0.153. The predicted octanol–water partition coefficient (Wildman–Crippen LogP) is 2.08. The standard InChI is InChI=1S/C16H19N3O2.ClH/c1-12-3-2-4-15(9-12)21-8-7-19-16(20)13-5-6-18-14(10-13)11-17;/h2-6,9-10H,7-8,11,17H2,1H3,(H,19,20);1H. The molecule has 118 valence electrons. The molecule has 0 radical (unpaired) electrons. The Bertz CT molecular complexity index is 620. The van der Waals surface area contributed by atoms with Gasteiger partial charge in [0.15, 0.2) is 0 Å². The Morgan fingerprint density at radius 1 is 1.32 bits per heavy atom. The number of nitrogens with two attached hydrogens (primary N) is 1. The van der Waals surface area contributed by atoms with Gasteiger partial charge in [0.1, 0.15) is 12.4 Å². The van der Waals surface area contributed by atoms with Crippen LogP contribution in [0.15, 0.2) is 42.6 Å². The average molecular weight is 322 g/mol. The molecule has 0 atom stereocenters. The molecule has 0 saturated carbocycles. The molecular weight excluding hydrogens is 302 g/mol. The fourth-order valence-electron chi connectivity index (χ4n) is 1.87. The minimum Gasteiger partial charge on any atom is -0.492 e. The van der Waals surface area contributed by atoms with E-state index in [2.05, 4.69) is 10.3 Å². The first-order chi connectivity index (χ1) is 10.2. The van der Waals surface area contributed by atoms with Gasteiger partial charge in [0, 0.05) is 18.3 Å². The van der Waals surface area contributed by atoms with Crippen molar-refractivity contribution in [3.63, 3.8) is 0 Å². The third kappa shape index (κ3) is 5.35. The highest BCUT2D eigenvalue weighted by molar-refractivity contribution is 5.94. The first kappa shape index (κ1) is 17.9. The van der Waals surface area contributed by atoms with Gasteiger partial charge in [-0.05, 0) is 36.8 Å². The van der Waals surface area contributed by atoms with Crippen LogP contribution in [0, 0.1) is 6.92 Å². The molecule has 1 aromatic carbocycles. The molecule has 2 aromatic rings. The number of hydrogen-bond acceptors (Lipinski definition) is 4. The van der Waals surface area contributed by atoms with E-state index in [0.717, 1.165) is 11.3 Å². The van der Waals surface area contributed by atoms with Crippen LogP contribution >= 0.6 is 12.4 Å². The Hall–Kier alpha value is -2.11. The number of pyridine rings is 1. The summed E-state index contributed by atoms with van der Waals surface area (Å²) in [6.45, 7) is 3.18. The van der Waals surface area contributed by atoms with E-state index in [9.17, 15) is 4.79 Å². The topological polar surface area (TPSA) is 77.2 Å². The molecule has 2 rings (SSSR count). The van der Waals surface area contributed by atoms with Crippen molar-refractivity contribution < 1.29 is 9.53 Å².